The van der Waals surface area contributed by atoms with E-state index in [1.54, 1.807) is 0 Å². The van der Waals surface area contributed by atoms with E-state index in [2.05, 4.69) is 17.1 Å². The molecule has 4 heteroatoms. The van der Waals surface area contributed by atoms with Crippen molar-refractivity contribution < 1.29 is 9.53 Å². The third kappa shape index (κ3) is 4.85. The molecule has 1 N–H and O–H groups in total. The summed E-state index contributed by atoms with van der Waals surface area (Å²) in [5.41, 5.74) is 1.83. The molecule has 1 aliphatic heterocycles. The third-order valence-corrected chi connectivity index (χ3v) is 4.80. The van der Waals surface area contributed by atoms with Gasteiger partial charge in [-0.2, -0.15) is 0 Å². The lowest BCUT2D eigenvalue weighted by molar-refractivity contribution is 0.0642. The molecule has 0 unspecified atom stereocenters. The van der Waals surface area contributed by atoms with Crippen LogP contribution in [0.2, 0.25) is 0 Å². The Balaban J connectivity index is 1.69. The van der Waals surface area contributed by atoms with Gasteiger partial charge in [-0.1, -0.05) is 43.3 Å². The summed E-state index contributed by atoms with van der Waals surface area (Å²) in [5, 5.41) is 3.37. The molecule has 1 heterocycles. The van der Waals surface area contributed by atoms with E-state index in [1.165, 1.54) is 0 Å². The number of nitrogens with zero attached hydrogens (tertiary/aromatic N) is 1. The average molecular weight is 352 g/mol. The highest BCUT2D eigenvalue weighted by atomic mass is 16.5. The Bertz CT molecular complexity index is 696. The number of nitrogens with one attached hydrogen (secondary N) is 1. The number of carbonyl (C=O) groups is 1. The average Bonchev–Trinajstić information content (AvgIpc) is 2.71. The third-order valence-electron chi connectivity index (χ3n) is 4.80. The summed E-state index contributed by atoms with van der Waals surface area (Å²) in [4.78, 5) is 15.2. The van der Waals surface area contributed by atoms with Crippen molar-refractivity contribution in [2.75, 3.05) is 19.6 Å². The predicted molar refractivity (Wildman–Crippen MR) is 104 cm³/mol. The van der Waals surface area contributed by atoms with Gasteiger partial charge in [-0.15, -0.1) is 0 Å². The second-order valence-corrected chi connectivity index (χ2v) is 6.78. The summed E-state index contributed by atoms with van der Waals surface area (Å²) in [6.45, 7) is 5.40. The Morgan fingerprint density at radius 2 is 1.88 bits per heavy atom. The molecule has 0 saturated carbocycles. The van der Waals surface area contributed by atoms with Gasteiger partial charge in [0.25, 0.3) is 5.91 Å². The van der Waals surface area contributed by atoms with Crippen LogP contribution in [0.25, 0.3) is 0 Å². The highest BCUT2D eigenvalue weighted by molar-refractivity contribution is 5.94. The Morgan fingerprint density at radius 3 is 2.62 bits per heavy atom. The molecule has 0 atom stereocenters. The molecule has 26 heavy (non-hydrogen) atoms. The van der Waals surface area contributed by atoms with Crippen molar-refractivity contribution in [1.82, 2.24) is 10.2 Å². The number of hydrogen-bond acceptors (Lipinski definition) is 3. The number of piperidine rings is 1. The monoisotopic (exact) mass is 352 g/mol. The van der Waals surface area contributed by atoms with E-state index < -0.39 is 0 Å². The summed E-state index contributed by atoms with van der Waals surface area (Å²) in [6.07, 6.45) is 3.02. The van der Waals surface area contributed by atoms with Crippen molar-refractivity contribution in [3.05, 3.63) is 65.7 Å². The highest BCUT2D eigenvalue weighted by Gasteiger charge is 2.25. The molecule has 0 aromatic heterocycles. The Morgan fingerprint density at radius 1 is 1.12 bits per heavy atom. The van der Waals surface area contributed by atoms with Gasteiger partial charge in [0.05, 0.1) is 0 Å². The van der Waals surface area contributed by atoms with Gasteiger partial charge in [0.1, 0.15) is 12.4 Å². The van der Waals surface area contributed by atoms with Crippen molar-refractivity contribution in [1.29, 1.82) is 0 Å². The first-order valence-corrected chi connectivity index (χ1v) is 9.56. The van der Waals surface area contributed by atoms with Crippen molar-refractivity contribution in [3.8, 4) is 5.75 Å². The number of rotatable bonds is 7. The first-order valence-electron chi connectivity index (χ1n) is 9.56. The van der Waals surface area contributed by atoms with Crippen LogP contribution < -0.4 is 10.1 Å². The maximum atomic E-state index is 13.1. The maximum Gasteiger partial charge on any atom is 0.254 e. The summed E-state index contributed by atoms with van der Waals surface area (Å²) in [7, 11) is 0. The molecule has 1 aliphatic rings. The second-order valence-electron chi connectivity index (χ2n) is 6.78. The van der Waals surface area contributed by atoms with Gasteiger partial charge < -0.3 is 15.0 Å². The largest absolute Gasteiger partial charge is 0.489 e. The van der Waals surface area contributed by atoms with Gasteiger partial charge in [0.2, 0.25) is 0 Å². The summed E-state index contributed by atoms with van der Waals surface area (Å²) in [5.74, 6) is 0.852. The van der Waals surface area contributed by atoms with Crippen LogP contribution in [0.1, 0.15) is 42.1 Å². The van der Waals surface area contributed by atoms with Crippen molar-refractivity contribution in [3.63, 3.8) is 0 Å². The molecule has 0 bridgehead atoms. The zero-order chi connectivity index (χ0) is 18.2. The van der Waals surface area contributed by atoms with E-state index in [0.29, 0.717) is 18.2 Å². The second kappa shape index (κ2) is 9.39. The van der Waals surface area contributed by atoms with E-state index in [9.17, 15) is 4.79 Å². The van der Waals surface area contributed by atoms with E-state index in [4.69, 9.17) is 4.74 Å². The van der Waals surface area contributed by atoms with E-state index >= 15 is 0 Å². The number of ether oxygens (including phenoxy) is 1. The number of amides is 1. The normalized spacial score (nSPS) is 14.8. The fourth-order valence-corrected chi connectivity index (χ4v) is 3.43. The van der Waals surface area contributed by atoms with Crippen LogP contribution >= 0.6 is 0 Å². The fourth-order valence-electron chi connectivity index (χ4n) is 3.43. The first-order chi connectivity index (χ1) is 12.8. The molecule has 3 rings (SSSR count). The predicted octanol–water partition coefficient (Wildman–Crippen LogP) is 3.87. The Kier molecular flexibility index (Phi) is 6.67. The standard InChI is InChI=1S/C22H28N2O2/c1-2-15-24(20-11-13-23-14-12-20)22(25)19-9-6-10-21(16-19)26-17-18-7-4-3-5-8-18/h3-10,16,20,23H,2,11-15,17H2,1H3. The molecule has 1 amide bonds. The molecular weight excluding hydrogens is 324 g/mol. The molecule has 138 valence electrons. The lowest BCUT2D eigenvalue weighted by atomic mass is 10.0. The first kappa shape index (κ1) is 18.5. The topological polar surface area (TPSA) is 41.6 Å². The van der Waals surface area contributed by atoms with Crippen LogP contribution in [-0.2, 0) is 6.61 Å². The van der Waals surface area contributed by atoms with Gasteiger partial charge >= 0.3 is 0 Å². The van der Waals surface area contributed by atoms with E-state index in [0.717, 1.165) is 50.2 Å². The number of hydrogen-bond donors (Lipinski definition) is 1. The summed E-state index contributed by atoms with van der Waals surface area (Å²) >= 11 is 0. The Hall–Kier alpha value is -2.33. The summed E-state index contributed by atoms with van der Waals surface area (Å²) in [6, 6.07) is 18.0. The maximum absolute atomic E-state index is 13.1. The summed E-state index contributed by atoms with van der Waals surface area (Å²) < 4.78 is 5.89. The van der Waals surface area contributed by atoms with Crippen LogP contribution in [0.5, 0.6) is 5.75 Å². The van der Waals surface area contributed by atoms with Crippen molar-refractivity contribution >= 4 is 5.91 Å². The molecule has 4 nitrogen and oxygen atoms in total. The molecule has 2 aromatic rings. The quantitative estimate of drug-likeness (QED) is 0.822. The molecule has 0 aliphatic carbocycles. The smallest absolute Gasteiger partial charge is 0.254 e. The van der Waals surface area contributed by atoms with Crippen LogP contribution in [0.4, 0.5) is 0 Å². The Labute approximate surface area is 156 Å². The van der Waals surface area contributed by atoms with E-state index in [-0.39, 0.29) is 5.91 Å². The molecule has 1 saturated heterocycles. The van der Waals surface area contributed by atoms with Crippen LogP contribution in [-0.4, -0.2) is 36.5 Å². The van der Waals surface area contributed by atoms with Crippen LogP contribution in [0.3, 0.4) is 0 Å². The minimum atomic E-state index is 0.115. The van der Waals surface area contributed by atoms with Gasteiger partial charge in [-0.25, -0.2) is 0 Å². The van der Waals surface area contributed by atoms with Gasteiger partial charge in [-0.05, 0) is 56.1 Å². The van der Waals surface area contributed by atoms with Gasteiger partial charge in [0, 0.05) is 18.2 Å². The minimum absolute atomic E-state index is 0.115. The zero-order valence-corrected chi connectivity index (χ0v) is 15.5. The van der Waals surface area contributed by atoms with Gasteiger partial charge in [0.15, 0.2) is 0 Å². The fraction of sp³-hybridized carbons (Fsp3) is 0.409. The van der Waals surface area contributed by atoms with Crippen molar-refractivity contribution in [2.24, 2.45) is 0 Å². The minimum Gasteiger partial charge on any atom is -0.489 e. The van der Waals surface area contributed by atoms with Gasteiger partial charge in [-0.3, -0.25) is 4.79 Å². The van der Waals surface area contributed by atoms with Crippen LogP contribution in [0, 0.1) is 0 Å². The molecule has 1 fully saturated rings. The lowest BCUT2D eigenvalue weighted by Crippen LogP contribution is -2.46. The molecule has 2 aromatic carbocycles. The number of carbonyl (C=O) groups excluding carboxylic acids is 1. The van der Waals surface area contributed by atoms with Crippen LogP contribution in [0.15, 0.2) is 54.6 Å². The molecule has 0 spiro atoms. The number of benzene rings is 2. The molecular formula is C22H28N2O2. The molecule has 0 radical (unpaired) electrons. The highest BCUT2D eigenvalue weighted by Crippen LogP contribution is 2.20. The van der Waals surface area contributed by atoms with Crippen molar-refractivity contribution in [2.45, 2.75) is 38.8 Å². The lowest BCUT2D eigenvalue weighted by Gasteiger charge is -2.34. The van der Waals surface area contributed by atoms with E-state index in [1.807, 2.05) is 54.6 Å². The SMILES string of the molecule is CCCN(C(=O)c1cccc(OCc2ccccc2)c1)C1CCNCC1. The zero-order valence-electron chi connectivity index (χ0n) is 15.5.